The Kier molecular flexibility index (Phi) is 3.90. The van der Waals surface area contributed by atoms with Crippen molar-refractivity contribution >= 4 is 23.2 Å². The van der Waals surface area contributed by atoms with E-state index in [2.05, 4.69) is 5.32 Å². The van der Waals surface area contributed by atoms with Gasteiger partial charge >= 0.3 is 0 Å². The summed E-state index contributed by atoms with van der Waals surface area (Å²) in [5.41, 5.74) is 4.95. The Labute approximate surface area is 136 Å². The van der Waals surface area contributed by atoms with Crippen LogP contribution in [0.25, 0.3) is 0 Å². The van der Waals surface area contributed by atoms with E-state index < -0.39 is 6.04 Å². The Morgan fingerprint density at radius 3 is 2.30 bits per heavy atom. The van der Waals surface area contributed by atoms with Crippen LogP contribution in [0, 0.1) is 20.8 Å². The molecule has 4 nitrogen and oxygen atoms in total. The molecule has 1 fully saturated rings. The molecule has 0 aromatic heterocycles. The minimum atomic E-state index is -0.508. The van der Waals surface area contributed by atoms with Crippen molar-refractivity contribution in [1.82, 2.24) is 0 Å². The minimum absolute atomic E-state index is 0.166. The number of carbonyl (C=O) groups excluding carboxylic acids is 2. The van der Waals surface area contributed by atoms with Crippen LogP contribution in [0.4, 0.5) is 11.4 Å². The first-order valence-electron chi connectivity index (χ1n) is 7.73. The zero-order valence-corrected chi connectivity index (χ0v) is 13.6. The van der Waals surface area contributed by atoms with Gasteiger partial charge in [0.1, 0.15) is 6.04 Å². The summed E-state index contributed by atoms with van der Waals surface area (Å²) >= 11 is 0. The summed E-state index contributed by atoms with van der Waals surface area (Å²) < 4.78 is 0. The lowest BCUT2D eigenvalue weighted by molar-refractivity contribution is -0.121. The first kappa shape index (κ1) is 15.3. The number of carbonyl (C=O) groups is 2. The second-order valence-corrected chi connectivity index (χ2v) is 6.10. The highest BCUT2D eigenvalue weighted by molar-refractivity contribution is 6.23. The first-order chi connectivity index (χ1) is 11.0. The van der Waals surface area contributed by atoms with E-state index in [1.165, 1.54) is 10.5 Å². The standard InChI is InChI=1S/C19H20N2O2/c1-12-4-8-16(9-5-12)21-18(22)11-17(19(21)23)20-15-7-6-13(2)14(3)10-15/h4-10,17,20H,11H2,1-3H3. The fourth-order valence-corrected chi connectivity index (χ4v) is 2.74. The first-order valence-corrected chi connectivity index (χ1v) is 7.73. The predicted octanol–water partition coefficient (Wildman–Crippen LogP) is 3.36. The van der Waals surface area contributed by atoms with Crippen LogP contribution in [0.15, 0.2) is 42.5 Å². The van der Waals surface area contributed by atoms with Crippen molar-refractivity contribution < 1.29 is 9.59 Å². The molecule has 1 unspecified atom stereocenters. The number of aryl methyl sites for hydroxylation is 3. The Hall–Kier alpha value is -2.62. The van der Waals surface area contributed by atoms with E-state index in [1.807, 2.05) is 63.2 Å². The smallest absolute Gasteiger partial charge is 0.256 e. The number of amides is 2. The van der Waals surface area contributed by atoms with Gasteiger partial charge in [-0.05, 0) is 56.2 Å². The highest BCUT2D eigenvalue weighted by Gasteiger charge is 2.39. The molecule has 2 amide bonds. The Balaban J connectivity index is 1.80. The molecule has 3 rings (SSSR count). The van der Waals surface area contributed by atoms with Crippen LogP contribution in [0.2, 0.25) is 0 Å². The number of imide groups is 1. The zero-order chi connectivity index (χ0) is 16.6. The predicted molar refractivity (Wildman–Crippen MR) is 91.6 cm³/mol. The lowest BCUT2D eigenvalue weighted by Gasteiger charge is -2.16. The van der Waals surface area contributed by atoms with Crippen molar-refractivity contribution in [2.75, 3.05) is 10.2 Å². The van der Waals surface area contributed by atoms with E-state index in [9.17, 15) is 9.59 Å². The van der Waals surface area contributed by atoms with Gasteiger partial charge in [0.2, 0.25) is 5.91 Å². The quantitative estimate of drug-likeness (QED) is 0.885. The van der Waals surface area contributed by atoms with Crippen LogP contribution in [-0.2, 0) is 9.59 Å². The topological polar surface area (TPSA) is 49.4 Å². The van der Waals surface area contributed by atoms with Gasteiger partial charge in [-0.25, -0.2) is 4.90 Å². The molecular formula is C19H20N2O2. The molecule has 0 aliphatic carbocycles. The maximum atomic E-state index is 12.6. The number of benzene rings is 2. The third-order valence-corrected chi connectivity index (χ3v) is 4.29. The Morgan fingerprint density at radius 2 is 1.65 bits per heavy atom. The normalized spacial score (nSPS) is 17.7. The molecule has 2 aromatic carbocycles. The van der Waals surface area contributed by atoms with Gasteiger partial charge < -0.3 is 5.32 Å². The Morgan fingerprint density at radius 1 is 0.957 bits per heavy atom. The van der Waals surface area contributed by atoms with Crippen LogP contribution in [0.3, 0.4) is 0 Å². The second-order valence-electron chi connectivity index (χ2n) is 6.10. The average Bonchev–Trinajstić information content (AvgIpc) is 2.79. The van der Waals surface area contributed by atoms with E-state index in [0.29, 0.717) is 5.69 Å². The van der Waals surface area contributed by atoms with Crippen molar-refractivity contribution in [2.24, 2.45) is 0 Å². The maximum Gasteiger partial charge on any atom is 0.256 e. The largest absolute Gasteiger partial charge is 0.373 e. The van der Waals surface area contributed by atoms with Gasteiger partial charge in [-0.1, -0.05) is 23.8 Å². The monoisotopic (exact) mass is 308 g/mol. The van der Waals surface area contributed by atoms with Crippen molar-refractivity contribution in [3.8, 4) is 0 Å². The van der Waals surface area contributed by atoms with E-state index in [-0.39, 0.29) is 18.2 Å². The molecule has 2 aromatic rings. The summed E-state index contributed by atoms with van der Waals surface area (Å²) in [6, 6.07) is 12.9. The van der Waals surface area contributed by atoms with E-state index in [1.54, 1.807) is 0 Å². The number of nitrogens with one attached hydrogen (secondary N) is 1. The number of hydrogen-bond acceptors (Lipinski definition) is 3. The molecule has 23 heavy (non-hydrogen) atoms. The molecule has 1 atom stereocenters. The van der Waals surface area contributed by atoms with Gasteiger partial charge in [0.15, 0.2) is 0 Å². The minimum Gasteiger partial charge on any atom is -0.373 e. The van der Waals surface area contributed by atoms with Gasteiger partial charge in [0, 0.05) is 5.69 Å². The molecule has 1 heterocycles. The van der Waals surface area contributed by atoms with E-state index in [0.717, 1.165) is 16.8 Å². The van der Waals surface area contributed by atoms with Crippen molar-refractivity contribution in [1.29, 1.82) is 0 Å². The lowest BCUT2D eigenvalue weighted by Crippen LogP contribution is -2.34. The van der Waals surface area contributed by atoms with Gasteiger partial charge in [-0.2, -0.15) is 0 Å². The molecule has 0 radical (unpaired) electrons. The summed E-state index contributed by atoms with van der Waals surface area (Å²) in [5, 5.41) is 3.19. The molecule has 1 saturated heterocycles. The number of anilines is 2. The van der Waals surface area contributed by atoms with Gasteiger partial charge in [0.05, 0.1) is 12.1 Å². The molecule has 4 heteroatoms. The second kappa shape index (κ2) is 5.88. The summed E-state index contributed by atoms with van der Waals surface area (Å²) in [4.78, 5) is 26.1. The third kappa shape index (κ3) is 2.97. The summed E-state index contributed by atoms with van der Waals surface area (Å²) in [7, 11) is 0. The summed E-state index contributed by atoms with van der Waals surface area (Å²) in [6.45, 7) is 6.05. The van der Waals surface area contributed by atoms with Crippen LogP contribution in [0.1, 0.15) is 23.1 Å². The Bertz CT molecular complexity index is 765. The average molecular weight is 308 g/mol. The van der Waals surface area contributed by atoms with Gasteiger partial charge in [0.25, 0.3) is 5.91 Å². The lowest BCUT2D eigenvalue weighted by atomic mass is 10.1. The molecule has 118 valence electrons. The molecule has 0 saturated carbocycles. The molecular weight excluding hydrogens is 288 g/mol. The third-order valence-electron chi connectivity index (χ3n) is 4.29. The number of nitrogens with zero attached hydrogens (tertiary/aromatic N) is 1. The zero-order valence-electron chi connectivity index (χ0n) is 13.6. The van der Waals surface area contributed by atoms with Crippen molar-refractivity contribution in [2.45, 2.75) is 33.2 Å². The maximum absolute atomic E-state index is 12.6. The van der Waals surface area contributed by atoms with Crippen LogP contribution >= 0.6 is 0 Å². The number of rotatable bonds is 3. The molecule has 1 N–H and O–H groups in total. The van der Waals surface area contributed by atoms with Gasteiger partial charge in [-0.3, -0.25) is 9.59 Å². The highest BCUT2D eigenvalue weighted by Crippen LogP contribution is 2.25. The number of hydrogen-bond donors (Lipinski definition) is 1. The molecule has 0 bridgehead atoms. The fraction of sp³-hybridized carbons (Fsp3) is 0.263. The fourth-order valence-electron chi connectivity index (χ4n) is 2.74. The SMILES string of the molecule is Cc1ccc(N2C(=O)CC(Nc3ccc(C)c(C)c3)C2=O)cc1. The highest BCUT2D eigenvalue weighted by atomic mass is 16.2. The van der Waals surface area contributed by atoms with E-state index >= 15 is 0 Å². The van der Waals surface area contributed by atoms with Crippen LogP contribution in [0.5, 0.6) is 0 Å². The molecule has 0 spiro atoms. The molecule has 1 aliphatic heterocycles. The van der Waals surface area contributed by atoms with Crippen molar-refractivity contribution in [3.05, 3.63) is 59.2 Å². The van der Waals surface area contributed by atoms with Crippen molar-refractivity contribution in [3.63, 3.8) is 0 Å². The van der Waals surface area contributed by atoms with E-state index in [4.69, 9.17) is 0 Å². The van der Waals surface area contributed by atoms with Gasteiger partial charge in [-0.15, -0.1) is 0 Å². The molecule has 1 aliphatic rings. The summed E-state index contributed by atoms with van der Waals surface area (Å²) in [6.07, 6.45) is 0.180. The summed E-state index contributed by atoms with van der Waals surface area (Å²) in [5.74, 6) is -0.364. The van der Waals surface area contributed by atoms with Crippen LogP contribution < -0.4 is 10.2 Å². The van der Waals surface area contributed by atoms with Crippen LogP contribution in [-0.4, -0.2) is 17.9 Å².